The SMILES string of the molecule is CC(C)c1nc(I)cn1C1[C@H]2CN(C(=O)OC(C)(C)C)C[C@@H]12. The van der Waals surface area contributed by atoms with Crippen LogP contribution in [0.2, 0.25) is 0 Å². The molecule has 0 bridgehead atoms. The van der Waals surface area contributed by atoms with Crippen molar-refractivity contribution in [3.8, 4) is 0 Å². The zero-order chi connectivity index (χ0) is 16.2. The van der Waals surface area contributed by atoms with Gasteiger partial charge in [0.05, 0.1) is 0 Å². The first-order valence-corrected chi connectivity index (χ1v) is 8.97. The number of hydrogen-bond donors (Lipinski definition) is 0. The van der Waals surface area contributed by atoms with Crippen LogP contribution in [0.1, 0.15) is 52.4 Å². The van der Waals surface area contributed by atoms with Crippen molar-refractivity contribution in [1.82, 2.24) is 14.5 Å². The molecule has 0 spiro atoms. The highest BCUT2D eigenvalue weighted by molar-refractivity contribution is 14.1. The number of hydrogen-bond acceptors (Lipinski definition) is 3. The molecule has 22 heavy (non-hydrogen) atoms. The molecule has 1 saturated carbocycles. The van der Waals surface area contributed by atoms with Crippen molar-refractivity contribution >= 4 is 28.7 Å². The molecule has 1 aliphatic heterocycles. The number of nitrogens with zero attached hydrogens (tertiary/aromatic N) is 3. The summed E-state index contributed by atoms with van der Waals surface area (Å²) in [5.41, 5.74) is -0.422. The van der Waals surface area contributed by atoms with Crippen LogP contribution >= 0.6 is 22.6 Å². The predicted molar refractivity (Wildman–Crippen MR) is 92.9 cm³/mol. The molecule has 2 fully saturated rings. The van der Waals surface area contributed by atoms with Crippen LogP contribution in [0.3, 0.4) is 0 Å². The van der Waals surface area contributed by atoms with E-state index in [1.165, 1.54) is 0 Å². The second-order valence-corrected chi connectivity index (χ2v) is 8.79. The largest absolute Gasteiger partial charge is 0.444 e. The van der Waals surface area contributed by atoms with E-state index in [9.17, 15) is 4.79 Å². The normalized spacial score (nSPS) is 27.2. The Morgan fingerprint density at radius 3 is 2.45 bits per heavy atom. The lowest BCUT2D eigenvalue weighted by Gasteiger charge is -2.26. The van der Waals surface area contributed by atoms with E-state index in [1.54, 1.807) is 0 Å². The van der Waals surface area contributed by atoms with E-state index in [4.69, 9.17) is 4.74 Å². The van der Waals surface area contributed by atoms with Gasteiger partial charge in [-0.2, -0.15) is 0 Å². The Hall–Kier alpha value is -0.790. The Labute approximate surface area is 145 Å². The van der Waals surface area contributed by atoms with Crippen molar-refractivity contribution in [3.63, 3.8) is 0 Å². The van der Waals surface area contributed by atoms with Gasteiger partial charge in [0.15, 0.2) is 0 Å². The quantitative estimate of drug-likeness (QED) is 0.691. The summed E-state index contributed by atoms with van der Waals surface area (Å²) in [4.78, 5) is 18.6. The number of halogens is 1. The van der Waals surface area contributed by atoms with Gasteiger partial charge in [0.25, 0.3) is 0 Å². The van der Waals surface area contributed by atoms with Crippen LogP contribution in [-0.2, 0) is 4.74 Å². The average molecular weight is 417 g/mol. The second-order valence-electron chi connectivity index (χ2n) is 7.69. The molecular formula is C16H24IN3O2. The van der Waals surface area contributed by atoms with Gasteiger partial charge < -0.3 is 14.2 Å². The van der Waals surface area contributed by atoms with E-state index in [0.29, 0.717) is 23.8 Å². The number of amides is 1. The highest BCUT2D eigenvalue weighted by atomic mass is 127. The molecule has 0 aromatic carbocycles. The molecule has 3 rings (SSSR count). The molecule has 1 unspecified atom stereocenters. The minimum absolute atomic E-state index is 0.178. The Balaban J connectivity index is 1.65. The lowest BCUT2D eigenvalue weighted by molar-refractivity contribution is 0.0266. The summed E-state index contributed by atoms with van der Waals surface area (Å²) in [6.07, 6.45) is 1.97. The monoisotopic (exact) mass is 417 g/mol. The lowest BCUT2D eigenvalue weighted by Crippen LogP contribution is -2.37. The summed E-state index contributed by atoms with van der Waals surface area (Å²) >= 11 is 2.28. The number of carbonyl (C=O) groups is 1. The third kappa shape index (κ3) is 2.98. The van der Waals surface area contributed by atoms with Gasteiger partial charge in [0, 0.05) is 43.1 Å². The summed E-state index contributed by atoms with van der Waals surface area (Å²) in [5.74, 6) is 2.68. The van der Waals surface area contributed by atoms with E-state index in [2.05, 4.69) is 52.2 Å². The van der Waals surface area contributed by atoms with Crippen LogP contribution in [0.15, 0.2) is 6.20 Å². The number of imidazole rings is 1. The van der Waals surface area contributed by atoms with Gasteiger partial charge in [-0.3, -0.25) is 0 Å². The minimum atomic E-state index is -0.422. The summed E-state index contributed by atoms with van der Waals surface area (Å²) in [6.45, 7) is 11.7. The van der Waals surface area contributed by atoms with Gasteiger partial charge in [-0.25, -0.2) is 9.78 Å². The van der Waals surface area contributed by atoms with Crippen LogP contribution in [0, 0.1) is 15.5 Å². The highest BCUT2D eigenvalue weighted by Crippen LogP contribution is 2.56. The van der Waals surface area contributed by atoms with Crippen LogP contribution in [0.4, 0.5) is 4.79 Å². The van der Waals surface area contributed by atoms with Crippen LogP contribution in [0.5, 0.6) is 0 Å². The number of piperidine rings is 1. The molecule has 0 radical (unpaired) electrons. The molecule has 2 aliphatic rings. The maximum Gasteiger partial charge on any atom is 0.410 e. The Morgan fingerprint density at radius 1 is 1.36 bits per heavy atom. The van der Waals surface area contributed by atoms with E-state index in [0.717, 1.165) is 22.6 Å². The molecule has 1 amide bonds. The topological polar surface area (TPSA) is 47.4 Å². The summed E-state index contributed by atoms with van der Waals surface area (Å²) in [5, 5.41) is 0. The van der Waals surface area contributed by atoms with Gasteiger partial charge in [0.2, 0.25) is 0 Å². The second kappa shape index (κ2) is 5.39. The van der Waals surface area contributed by atoms with Crippen LogP contribution in [0.25, 0.3) is 0 Å². The fraction of sp³-hybridized carbons (Fsp3) is 0.750. The predicted octanol–water partition coefficient (Wildman–Crippen LogP) is 3.65. The lowest BCUT2D eigenvalue weighted by atomic mass is 10.2. The fourth-order valence-corrected chi connectivity index (χ4v) is 3.97. The fourth-order valence-electron chi connectivity index (χ4n) is 3.43. The zero-order valence-corrected chi connectivity index (χ0v) is 16.0. The standard InChI is InChI=1S/C16H24IN3O2/c1-9(2)14-18-12(17)8-20(14)13-10-6-19(7-11(10)13)15(21)22-16(3,4)5/h8-11,13H,6-7H2,1-5H3/t10-,11+,13?. The first kappa shape index (κ1) is 16.1. The number of likely N-dealkylation sites (tertiary alicyclic amines) is 1. The Morgan fingerprint density at radius 2 is 1.95 bits per heavy atom. The highest BCUT2D eigenvalue weighted by Gasteiger charge is 2.58. The Bertz CT molecular complexity index is 579. The first-order valence-electron chi connectivity index (χ1n) is 7.89. The van der Waals surface area contributed by atoms with Crippen molar-refractivity contribution in [2.75, 3.05) is 13.1 Å². The van der Waals surface area contributed by atoms with Crippen molar-refractivity contribution in [2.45, 2.75) is 52.2 Å². The van der Waals surface area contributed by atoms with E-state index in [1.807, 2.05) is 25.7 Å². The third-order valence-electron chi connectivity index (χ3n) is 4.37. The molecule has 1 aliphatic carbocycles. The van der Waals surface area contributed by atoms with Gasteiger partial charge in [-0.15, -0.1) is 0 Å². The molecule has 5 nitrogen and oxygen atoms in total. The van der Waals surface area contributed by atoms with Crippen LogP contribution < -0.4 is 0 Å². The maximum atomic E-state index is 12.1. The zero-order valence-electron chi connectivity index (χ0n) is 13.8. The van der Waals surface area contributed by atoms with Gasteiger partial charge in [-0.1, -0.05) is 13.8 Å². The van der Waals surface area contributed by atoms with Crippen molar-refractivity contribution < 1.29 is 9.53 Å². The number of rotatable bonds is 2. The molecule has 6 heteroatoms. The minimum Gasteiger partial charge on any atom is -0.444 e. The van der Waals surface area contributed by atoms with Crippen molar-refractivity contribution in [2.24, 2.45) is 11.8 Å². The maximum absolute atomic E-state index is 12.1. The molecule has 1 saturated heterocycles. The molecule has 1 aromatic heterocycles. The van der Waals surface area contributed by atoms with Gasteiger partial charge in [-0.05, 0) is 43.4 Å². The smallest absolute Gasteiger partial charge is 0.410 e. The Kier molecular flexibility index (Phi) is 3.94. The van der Waals surface area contributed by atoms with E-state index in [-0.39, 0.29) is 6.09 Å². The van der Waals surface area contributed by atoms with Crippen molar-refractivity contribution in [3.05, 3.63) is 15.7 Å². The summed E-state index contributed by atoms with van der Waals surface area (Å²) in [6, 6.07) is 0.507. The number of aromatic nitrogens is 2. The van der Waals surface area contributed by atoms with E-state index >= 15 is 0 Å². The molecule has 1 aromatic rings. The summed E-state index contributed by atoms with van der Waals surface area (Å²) < 4.78 is 8.86. The van der Waals surface area contributed by atoms with Crippen molar-refractivity contribution in [1.29, 1.82) is 0 Å². The molecule has 3 atom stereocenters. The number of fused-ring (bicyclic) bond motifs is 1. The molecular weight excluding hydrogens is 393 g/mol. The van der Waals surface area contributed by atoms with Gasteiger partial charge >= 0.3 is 6.09 Å². The number of ether oxygens (including phenoxy) is 1. The number of carbonyl (C=O) groups excluding carboxylic acids is 1. The molecule has 0 N–H and O–H groups in total. The van der Waals surface area contributed by atoms with E-state index < -0.39 is 5.60 Å². The summed E-state index contributed by atoms with van der Waals surface area (Å²) in [7, 11) is 0. The van der Waals surface area contributed by atoms with Gasteiger partial charge in [0.1, 0.15) is 15.1 Å². The molecule has 2 heterocycles. The van der Waals surface area contributed by atoms with Crippen LogP contribution in [-0.4, -0.2) is 39.2 Å². The average Bonchev–Trinajstić information content (AvgIpc) is 2.74. The first-order chi connectivity index (χ1) is 10.2. The molecule has 122 valence electrons. The third-order valence-corrected chi connectivity index (χ3v) is 4.89.